The molecule has 3 atom stereocenters. The first-order valence-corrected chi connectivity index (χ1v) is 15.5. The normalized spacial score (nSPS) is 18.1. The highest BCUT2D eigenvalue weighted by molar-refractivity contribution is 14.1. The van der Waals surface area contributed by atoms with E-state index in [1.54, 1.807) is 23.1 Å². The molecule has 3 unspecified atom stereocenters. The van der Waals surface area contributed by atoms with Gasteiger partial charge in [-0.25, -0.2) is 0 Å². The number of carbonyl (C=O) groups is 3. The number of rotatable bonds is 16. The molecule has 0 aliphatic heterocycles. The van der Waals surface area contributed by atoms with Crippen LogP contribution in [0.25, 0.3) is 0 Å². The van der Waals surface area contributed by atoms with Crippen LogP contribution in [-0.4, -0.2) is 71.7 Å². The number of aldehydes is 1. The first-order valence-electron chi connectivity index (χ1n) is 14.4. The molecule has 0 bridgehead atoms. The molecule has 1 aliphatic carbocycles. The lowest BCUT2D eigenvalue weighted by atomic mass is 9.87. The molecule has 2 aromatic rings. The minimum Gasteiger partial charge on any atom is -0.493 e. The maximum Gasteiger partial charge on any atom is 0.247 e. The number of halogens is 1. The Hall–Kier alpha value is -2.96. The molecular weight excluding hydrogens is 651 g/mol. The van der Waals surface area contributed by atoms with Gasteiger partial charge in [0.2, 0.25) is 11.8 Å². The zero-order valence-corrected chi connectivity index (χ0v) is 26.4. The lowest BCUT2D eigenvalue weighted by Crippen LogP contribution is -2.54. The summed E-state index contributed by atoms with van der Waals surface area (Å²) in [6.07, 6.45) is 5.53. The van der Waals surface area contributed by atoms with Gasteiger partial charge in [0.05, 0.1) is 23.3 Å². The number of benzene rings is 2. The Morgan fingerprint density at radius 2 is 1.88 bits per heavy atom. The Kier molecular flexibility index (Phi) is 13.8. The van der Waals surface area contributed by atoms with Crippen LogP contribution in [0.1, 0.15) is 67.8 Å². The summed E-state index contributed by atoms with van der Waals surface area (Å²) in [5.74, 6) is 0.121. The summed E-state index contributed by atoms with van der Waals surface area (Å²) in [6.45, 7) is 2.26. The van der Waals surface area contributed by atoms with E-state index in [4.69, 9.17) is 9.47 Å². The van der Waals surface area contributed by atoms with E-state index < -0.39 is 24.2 Å². The summed E-state index contributed by atoms with van der Waals surface area (Å²) in [6, 6.07) is 12.0. The number of hydrogen-bond donors (Lipinski definition) is 3. The number of aliphatic hydroxyl groups excluding tert-OH is 2. The molecule has 0 radical (unpaired) electrons. The molecule has 0 spiro atoms. The van der Waals surface area contributed by atoms with E-state index in [1.165, 1.54) is 7.11 Å². The summed E-state index contributed by atoms with van der Waals surface area (Å²) < 4.78 is 12.4. The Labute approximate surface area is 261 Å². The Balaban J connectivity index is 1.97. The predicted octanol–water partition coefficient (Wildman–Crippen LogP) is 4.42. The monoisotopic (exact) mass is 692 g/mol. The quantitative estimate of drug-likeness (QED) is 0.135. The third-order valence-corrected chi connectivity index (χ3v) is 8.07. The second-order valence-electron chi connectivity index (χ2n) is 10.3. The number of aliphatic hydroxyl groups is 2. The second-order valence-corrected chi connectivity index (χ2v) is 11.5. The first-order chi connectivity index (χ1) is 20.3. The molecule has 3 N–H and O–H groups in total. The predicted molar refractivity (Wildman–Crippen MR) is 168 cm³/mol. The van der Waals surface area contributed by atoms with Crippen LogP contribution in [-0.2, 0) is 16.1 Å². The molecule has 0 fully saturated rings. The van der Waals surface area contributed by atoms with Crippen LogP contribution in [0.5, 0.6) is 11.5 Å². The van der Waals surface area contributed by atoms with Gasteiger partial charge >= 0.3 is 0 Å². The van der Waals surface area contributed by atoms with Gasteiger partial charge in [0.15, 0.2) is 11.5 Å². The zero-order valence-electron chi connectivity index (χ0n) is 24.3. The third-order valence-electron chi connectivity index (χ3n) is 7.27. The van der Waals surface area contributed by atoms with Gasteiger partial charge in [-0.3, -0.25) is 14.4 Å². The van der Waals surface area contributed by atoms with Crippen LogP contribution < -0.4 is 14.8 Å². The zero-order chi connectivity index (χ0) is 30.5. The van der Waals surface area contributed by atoms with Crippen molar-refractivity contribution in [3.8, 4) is 11.5 Å². The van der Waals surface area contributed by atoms with Crippen LogP contribution in [0, 0.1) is 3.57 Å². The van der Waals surface area contributed by atoms with Gasteiger partial charge in [-0.15, -0.1) is 0 Å². The van der Waals surface area contributed by atoms with Crippen molar-refractivity contribution >= 4 is 40.7 Å². The molecule has 0 saturated heterocycles. The van der Waals surface area contributed by atoms with Crippen molar-refractivity contribution in [3.05, 3.63) is 68.8 Å². The van der Waals surface area contributed by atoms with Gasteiger partial charge in [-0.05, 0) is 52.8 Å². The standard InChI is InChI=1S/C32H41IN2O7/c1-3-4-5-6-10-13-29(38)35(20-22-11-8-7-9-12-22)26-18-24(32(40)34-14-15-36)19-27(30(26)39)42-31-25(33)16-23(21-37)17-28(31)41-2/h7-9,11-12,16-17,19,21,26-27,30,36,39H,3-6,10,13-15,18,20H2,1-2H3,(H,34,40). The number of nitrogens with zero attached hydrogens (tertiary/aromatic N) is 1. The lowest BCUT2D eigenvalue weighted by Gasteiger charge is -2.41. The van der Waals surface area contributed by atoms with Crippen molar-refractivity contribution in [2.24, 2.45) is 0 Å². The molecule has 2 aromatic carbocycles. The summed E-state index contributed by atoms with van der Waals surface area (Å²) in [5, 5.41) is 23.7. The Morgan fingerprint density at radius 3 is 2.55 bits per heavy atom. The number of ether oxygens (including phenoxy) is 2. The molecule has 2 amide bonds. The highest BCUT2D eigenvalue weighted by Gasteiger charge is 2.40. The van der Waals surface area contributed by atoms with Crippen molar-refractivity contribution in [2.45, 2.75) is 76.7 Å². The van der Waals surface area contributed by atoms with Crippen LogP contribution in [0.4, 0.5) is 0 Å². The van der Waals surface area contributed by atoms with Crippen LogP contribution >= 0.6 is 22.6 Å². The fourth-order valence-corrected chi connectivity index (χ4v) is 5.78. The van der Waals surface area contributed by atoms with Crippen molar-refractivity contribution in [3.63, 3.8) is 0 Å². The molecule has 10 heteroatoms. The number of unbranched alkanes of at least 4 members (excludes halogenated alkanes) is 4. The van der Waals surface area contributed by atoms with Gasteiger partial charge in [0.25, 0.3) is 0 Å². The molecule has 228 valence electrons. The highest BCUT2D eigenvalue weighted by atomic mass is 127. The number of amides is 2. The van der Waals surface area contributed by atoms with Gasteiger partial charge < -0.3 is 29.9 Å². The SMILES string of the molecule is CCCCCCCC(=O)N(Cc1ccccc1)C1CC(C(=O)NCCO)=CC(Oc2c(I)cc(C=O)cc2OC)C1O. The topological polar surface area (TPSA) is 125 Å². The minimum atomic E-state index is -1.17. The van der Waals surface area contributed by atoms with E-state index >= 15 is 0 Å². The molecule has 0 aromatic heterocycles. The average Bonchev–Trinajstić information content (AvgIpc) is 3.00. The smallest absolute Gasteiger partial charge is 0.247 e. The molecule has 42 heavy (non-hydrogen) atoms. The first kappa shape index (κ1) is 33.5. The molecule has 9 nitrogen and oxygen atoms in total. The van der Waals surface area contributed by atoms with Gasteiger partial charge in [-0.2, -0.15) is 0 Å². The fourth-order valence-electron chi connectivity index (χ4n) is 5.03. The molecule has 0 heterocycles. The Morgan fingerprint density at radius 1 is 1.14 bits per heavy atom. The van der Waals surface area contributed by atoms with E-state index in [9.17, 15) is 24.6 Å². The summed E-state index contributed by atoms with van der Waals surface area (Å²) in [4.78, 5) is 39.9. The lowest BCUT2D eigenvalue weighted by molar-refractivity contribution is -0.139. The maximum absolute atomic E-state index is 13.7. The van der Waals surface area contributed by atoms with E-state index in [-0.39, 0.29) is 32.0 Å². The molecular formula is C32H41IN2O7. The number of hydrogen-bond acceptors (Lipinski definition) is 7. The summed E-state index contributed by atoms with van der Waals surface area (Å²) >= 11 is 2.03. The molecule has 0 saturated carbocycles. The van der Waals surface area contributed by atoms with Gasteiger partial charge in [0.1, 0.15) is 18.5 Å². The largest absolute Gasteiger partial charge is 0.493 e. The third kappa shape index (κ3) is 9.27. The number of nitrogens with one attached hydrogen (secondary N) is 1. The van der Waals surface area contributed by atoms with Crippen LogP contribution in [0.15, 0.2) is 54.1 Å². The van der Waals surface area contributed by atoms with Crippen molar-refractivity contribution in [2.75, 3.05) is 20.3 Å². The van der Waals surface area contributed by atoms with Gasteiger partial charge in [-0.1, -0.05) is 62.9 Å². The van der Waals surface area contributed by atoms with E-state index in [0.717, 1.165) is 37.7 Å². The molecule has 3 rings (SSSR count). The maximum atomic E-state index is 13.7. The van der Waals surface area contributed by atoms with Crippen LogP contribution in [0.2, 0.25) is 0 Å². The van der Waals surface area contributed by atoms with E-state index in [2.05, 4.69) is 12.2 Å². The molecule has 1 aliphatic rings. The highest BCUT2D eigenvalue weighted by Crippen LogP contribution is 2.37. The van der Waals surface area contributed by atoms with Crippen molar-refractivity contribution < 1.29 is 34.1 Å². The Bertz CT molecular complexity index is 1220. The second kappa shape index (κ2) is 17.2. The summed E-state index contributed by atoms with van der Waals surface area (Å²) in [7, 11) is 1.46. The summed E-state index contributed by atoms with van der Waals surface area (Å²) in [5.41, 5.74) is 1.66. The average molecular weight is 693 g/mol. The fraction of sp³-hybridized carbons (Fsp3) is 0.469. The number of methoxy groups -OCH3 is 1. The minimum absolute atomic E-state index is 0.0677. The van der Waals surface area contributed by atoms with Crippen molar-refractivity contribution in [1.82, 2.24) is 10.2 Å². The van der Waals surface area contributed by atoms with Gasteiger partial charge in [0, 0.05) is 37.1 Å². The van der Waals surface area contributed by atoms with E-state index in [1.807, 2.05) is 52.9 Å². The van der Waals surface area contributed by atoms with Crippen LogP contribution in [0.3, 0.4) is 0 Å². The number of carbonyl (C=O) groups excluding carboxylic acids is 3. The van der Waals surface area contributed by atoms with Crippen molar-refractivity contribution in [1.29, 1.82) is 0 Å². The van der Waals surface area contributed by atoms with E-state index in [0.29, 0.717) is 38.9 Å².